The summed E-state index contributed by atoms with van der Waals surface area (Å²) in [6.45, 7) is 5.03. The van der Waals surface area contributed by atoms with Gasteiger partial charge in [0.05, 0.1) is 11.7 Å². The summed E-state index contributed by atoms with van der Waals surface area (Å²) in [6.07, 6.45) is 6.64. The number of aryl methyl sites for hydroxylation is 2. The third-order valence-electron chi connectivity index (χ3n) is 5.70. The SMILES string of the molecule is CSNC1COc2cc(-c3nc(N4CCC4)nc4c3CCC4)cc(C)c21. The van der Waals surface area contributed by atoms with E-state index < -0.39 is 0 Å². The van der Waals surface area contributed by atoms with E-state index in [1.165, 1.54) is 40.8 Å². The highest BCUT2D eigenvalue weighted by atomic mass is 32.2. The molecule has 6 heteroatoms. The van der Waals surface area contributed by atoms with Crippen LogP contribution >= 0.6 is 11.9 Å². The highest BCUT2D eigenvalue weighted by Gasteiger charge is 2.29. The van der Waals surface area contributed by atoms with Crippen molar-refractivity contribution in [2.24, 2.45) is 0 Å². The van der Waals surface area contributed by atoms with Gasteiger partial charge in [-0.3, -0.25) is 4.72 Å². The second-order valence-electron chi connectivity index (χ2n) is 7.38. The van der Waals surface area contributed by atoms with E-state index in [4.69, 9.17) is 14.7 Å². The maximum absolute atomic E-state index is 6.01. The molecule has 1 aromatic heterocycles. The van der Waals surface area contributed by atoms with Gasteiger partial charge in [0.15, 0.2) is 0 Å². The van der Waals surface area contributed by atoms with Gasteiger partial charge in [0.25, 0.3) is 0 Å². The second-order valence-corrected chi connectivity index (χ2v) is 8.03. The fraction of sp³-hybridized carbons (Fsp3) is 0.500. The van der Waals surface area contributed by atoms with Gasteiger partial charge in [-0.05, 0) is 56.6 Å². The highest BCUT2D eigenvalue weighted by Crippen LogP contribution is 2.41. The van der Waals surface area contributed by atoms with Crippen LogP contribution in [0.1, 0.15) is 41.3 Å². The average molecular weight is 369 g/mol. The van der Waals surface area contributed by atoms with Crippen molar-refractivity contribution in [3.63, 3.8) is 0 Å². The molecule has 0 spiro atoms. The Balaban J connectivity index is 1.60. The number of rotatable bonds is 4. The van der Waals surface area contributed by atoms with Gasteiger partial charge in [-0.15, -0.1) is 0 Å². The highest BCUT2D eigenvalue weighted by molar-refractivity contribution is 7.96. The van der Waals surface area contributed by atoms with Gasteiger partial charge in [-0.25, -0.2) is 9.97 Å². The Bertz CT molecular complexity index is 865. The van der Waals surface area contributed by atoms with Gasteiger partial charge in [0, 0.05) is 35.5 Å². The van der Waals surface area contributed by atoms with Crippen molar-refractivity contribution >= 4 is 17.9 Å². The normalized spacial score (nSPS) is 20.5. The molecule has 1 atom stereocenters. The molecule has 1 saturated heterocycles. The summed E-state index contributed by atoms with van der Waals surface area (Å²) < 4.78 is 9.45. The van der Waals surface area contributed by atoms with E-state index in [0.29, 0.717) is 6.61 Å². The van der Waals surface area contributed by atoms with Crippen LogP contribution in [0.4, 0.5) is 5.95 Å². The molecule has 0 amide bonds. The Morgan fingerprint density at radius 3 is 2.85 bits per heavy atom. The number of fused-ring (bicyclic) bond motifs is 2. The van der Waals surface area contributed by atoms with Crippen molar-refractivity contribution in [2.45, 2.75) is 38.6 Å². The van der Waals surface area contributed by atoms with Crippen LogP contribution in [0, 0.1) is 6.92 Å². The summed E-state index contributed by atoms with van der Waals surface area (Å²) >= 11 is 1.65. The molecule has 2 aromatic rings. The van der Waals surface area contributed by atoms with Crippen LogP contribution < -0.4 is 14.4 Å². The van der Waals surface area contributed by atoms with Crippen molar-refractivity contribution in [1.29, 1.82) is 0 Å². The van der Waals surface area contributed by atoms with E-state index in [-0.39, 0.29) is 6.04 Å². The van der Waals surface area contributed by atoms with Crippen molar-refractivity contribution in [2.75, 3.05) is 30.9 Å². The number of nitrogens with one attached hydrogen (secondary N) is 1. The molecular weight excluding hydrogens is 344 g/mol. The zero-order valence-corrected chi connectivity index (χ0v) is 16.2. The molecule has 1 aromatic carbocycles. The van der Waals surface area contributed by atoms with Crippen molar-refractivity contribution in [3.8, 4) is 17.0 Å². The lowest BCUT2D eigenvalue weighted by Crippen LogP contribution is -2.38. The van der Waals surface area contributed by atoms with Gasteiger partial charge in [0.2, 0.25) is 5.95 Å². The largest absolute Gasteiger partial charge is 0.491 e. The predicted octanol–water partition coefficient (Wildman–Crippen LogP) is 3.45. The Morgan fingerprint density at radius 2 is 2.08 bits per heavy atom. The van der Waals surface area contributed by atoms with E-state index in [1.807, 2.05) is 0 Å². The van der Waals surface area contributed by atoms with Gasteiger partial charge in [-0.2, -0.15) is 0 Å². The second kappa shape index (κ2) is 6.43. The maximum Gasteiger partial charge on any atom is 0.226 e. The smallest absolute Gasteiger partial charge is 0.226 e. The summed E-state index contributed by atoms with van der Waals surface area (Å²) in [4.78, 5) is 12.2. The summed E-state index contributed by atoms with van der Waals surface area (Å²) in [6, 6.07) is 4.73. The summed E-state index contributed by atoms with van der Waals surface area (Å²) in [7, 11) is 0. The molecule has 1 N–H and O–H groups in total. The number of nitrogens with zero attached hydrogens (tertiary/aromatic N) is 3. The fourth-order valence-electron chi connectivity index (χ4n) is 4.28. The molecule has 0 bridgehead atoms. The first kappa shape index (κ1) is 16.4. The number of aromatic nitrogens is 2. The molecule has 136 valence electrons. The molecule has 5 rings (SSSR count). The number of anilines is 1. The topological polar surface area (TPSA) is 50.3 Å². The quantitative estimate of drug-likeness (QED) is 0.834. The Labute approximate surface area is 158 Å². The standard InChI is InChI=1S/C20H24N4OS/c1-12-9-13(10-17-18(12)16(11-25-17)23-26-2)19-14-5-3-6-15(14)21-20(22-19)24-7-4-8-24/h9-10,16,23H,3-8,11H2,1-2H3. The zero-order chi connectivity index (χ0) is 17.7. The molecule has 26 heavy (non-hydrogen) atoms. The van der Waals surface area contributed by atoms with Gasteiger partial charge in [-0.1, -0.05) is 11.9 Å². The molecule has 1 fully saturated rings. The summed E-state index contributed by atoms with van der Waals surface area (Å²) in [5.41, 5.74) is 7.44. The van der Waals surface area contributed by atoms with Crippen LogP contribution in [0.15, 0.2) is 12.1 Å². The van der Waals surface area contributed by atoms with Crippen LogP contribution in [0.25, 0.3) is 11.3 Å². The first-order valence-corrected chi connectivity index (χ1v) is 10.7. The van der Waals surface area contributed by atoms with Gasteiger partial charge in [0.1, 0.15) is 12.4 Å². The third-order valence-corrected chi connectivity index (χ3v) is 6.22. The molecule has 1 unspecified atom stereocenters. The monoisotopic (exact) mass is 368 g/mol. The van der Waals surface area contributed by atoms with E-state index in [9.17, 15) is 0 Å². The third kappa shape index (κ3) is 2.58. The van der Waals surface area contributed by atoms with Crippen LogP contribution in [0.2, 0.25) is 0 Å². The lowest BCUT2D eigenvalue weighted by Gasteiger charge is -2.31. The van der Waals surface area contributed by atoms with E-state index >= 15 is 0 Å². The minimum atomic E-state index is 0.266. The average Bonchev–Trinajstić information content (AvgIpc) is 3.20. The van der Waals surface area contributed by atoms with E-state index in [2.05, 4.69) is 34.9 Å². The number of hydrogen-bond donors (Lipinski definition) is 1. The van der Waals surface area contributed by atoms with Crippen LogP contribution in [-0.4, -0.2) is 35.9 Å². The fourth-order valence-corrected chi connectivity index (χ4v) is 4.75. The number of ether oxygens (including phenoxy) is 1. The van der Waals surface area contributed by atoms with Crippen LogP contribution in [0.5, 0.6) is 5.75 Å². The van der Waals surface area contributed by atoms with Crippen molar-refractivity contribution in [1.82, 2.24) is 14.7 Å². The lowest BCUT2D eigenvalue weighted by molar-refractivity contribution is 0.328. The first-order chi connectivity index (χ1) is 12.7. The molecule has 5 nitrogen and oxygen atoms in total. The maximum atomic E-state index is 6.01. The van der Waals surface area contributed by atoms with Crippen LogP contribution in [-0.2, 0) is 12.8 Å². The van der Waals surface area contributed by atoms with E-state index in [1.54, 1.807) is 11.9 Å². The van der Waals surface area contributed by atoms with Gasteiger partial charge >= 0.3 is 0 Å². The number of benzene rings is 1. The molecule has 2 aliphatic heterocycles. The van der Waals surface area contributed by atoms with Crippen molar-refractivity contribution < 1.29 is 4.74 Å². The first-order valence-electron chi connectivity index (χ1n) is 9.45. The minimum Gasteiger partial charge on any atom is -0.491 e. The zero-order valence-electron chi connectivity index (χ0n) is 15.3. The Hall–Kier alpha value is -1.79. The molecule has 3 heterocycles. The Kier molecular flexibility index (Phi) is 4.05. The van der Waals surface area contributed by atoms with Crippen molar-refractivity contribution in [3.05, 3.63) is 34.5 Å². The number of hydrogen-bond acceptors (Lipinski definition) is 6. The summed E-state index contributed by atoms with van der Waals surface area (Å²) in [5.74, 6) is 1.91. The molecule has 1 aliphatic carbocycles. The van der Waals surface area contributed by atoms with Crippen LogP contribution in [0.3, 0.4) is 0 Å². The lowest BCUT2D eigenvalue weighted by atomic mass is 9.97. The molecule has 3 aliphatic rings. The molecule has 0 radical (unpaired) electrons. The summed E-state index contributed by atoms with van der Waals surface area (Å²) in [5, 5.41) is 0. The molecule has 0 saturated carbocycles. The minimum absolute atomic E-state index is 0.266. The van der Waals surface area contributed by atoms with E-state index in [0.717, 1.165) is 43.3 Å². The van der Waals surface area contributed by atoms with Gasteiger partial charge < -0.3 is 9.64 Å². The predicted molar refractivity (Wildman–Crippen MR) is 106 cm³/mol. The Morgan fingerprint density at radius 1 is 1.19 bits per heavy atom. The molecular formula is C20H24N4OS.